The van der Waals surface area contributed by atoms with E-state index in [9.17, 15) is 26.4 Å². The number of benzene rings is 2. The van der Waals surface area contributed by atoms with Crippen molar-refractivity contribution in [1.82, 2.24) is 14.6 Å². The third-order valence-corrected chi connectivity index (χ3v) is 7.67. The van der Waals surface area contributed by atoms with E-state index in [0.29, 0.717) is 16.9 Å². The second kappa shape index (κ2) is 9.77. The van der Waals surface area contributed by atoms with Crippen LogP contribution in [0.3, 0.4) is 0 Å². The van der Waals surface area contributed by atoms with Crippen LogP contribution in [0.5, 0.6) is 0 Å². The van der Waals surface area contributed by atoms with Crippen LogP contribution in [0.1, 0.15) is 32.4 Å². The Bertz CT molecular complexity index is 1460. The number of carbonyl (C=O) groups excluding carboxylic acids is 2. The van der Waals surface area contributed by atoms with Crippen LogP contribution in [0.25, 0.3) is 22.4 Å². The van der Waals surface area contributed by atoms with Crippen molar-refractivity contribution in [2.24, 2.45) is 0 Å². The summed E-state index contributed by atoms with van der Waals surface area (Å²) in [6.45, 7) is 4.66. The normalized spacial score (nSPS) is 11.7. The lowest BCUT2D eigenvalue weighted by Crippen LogP contribution is -2.30. The highest BCUT2D eigenvalue weighted by Gasteiger charge is 2.26. The zero-order chi connectivity index (χ0) is 25.1. The first kappa shape index (κ1) is 25.1. The molecule has 2 amide bonds. The Labute approximate surface area is 197 Å². The van der Waals surface area contributed by atoms with Gasteiger partial charge in [-0.2, -0.15) is 0 Å². The maximum atomic E-state index is 12.9. The summed E-state index contributed by atoms with van der Waals surface area (Å²) >= 11 is 0. The summed E-state index contributed by atoms with van der Waals surface area (Å²) in [7, 11) is -8.33. The summed E-state index contributed by atoms with van der Waals surface area (Å²) in [6, 6.07) is 11.7. The van der Waals surface area contributed by atoms with E-state index < -0.39 is 31.9 Å². The number of sulfonamides is 2. The molecule has 0 bridgehead atoms. The molecule has 0 aliphatic rings. The van der Waals surface area contributed by atoms with Crippen molar-refractivity contribution in [2.75, 3.05) is 0 Å². The van der Waals surface area contributed by atoms with E-state index in [1.807, 2.05) is 9.44 Å². The molecule has 3 aromatic rings. The third kappa shape index (κ3) is 5.18. The first-order chi connectivity index (χ1) is 16.0. The molecule has 180 valence electrons. The topological polar surface area (TPSA) is 153 Å². The molecule has 0 saturated heterocycles. The fourth-order valence-corrected chi connectivity index (χ4v) is 5.54. The van der Waals surface area contributed by atoms with Crippen LogP contribution in [0, 0.1) is 6.92 Å². The molecule has 0 spiro atoms. The zero-order valence-electron chi connectivity index (χ0n) is 18.7. The van der Waals surface area contributed by atoms with Crippen molar-refractivity contribution >= 4 is 31.9 Å². The van der Waals surface area contributed by atoms with Crippen LogP contribution in [0.4, 0.5) is 0 Å². The average Bonchev–Trinajstić information content (AvgIpc) is 3.19. The number of amides is 2. The minimum Gasteiger partial charge on any atom is -0.360 e. The van der Waals surface area contributed by atoms with Crippen molar-refractivity contribution in [2.45, 2.75) is 43.4 Å². The molecule has 0 saturated carbocycles. The Kier molecular flexibility index (Phi) is 7.22. The minimum absolute atomic E-state index is 0.00629. The number of rotatable bonds is 8. The van der Waals surface area contributed by atoms with E-state index in [0.717, 1.165) is 0 Å². The van der Waals surface area contributed by atoms with Crippen LogP contribution in [-0.4, -0.2) is 33.8 Å². The van der Waals surface area contributed by atoms with Crippen LogP contribution in [-0.2, 0) is 29.6 Å². The molecule has 0 fully saturated rings. The highest BCUT2D eigenvalue weighted by Crippen LogP contribution is 2.37. The molecule has 0 unspecified atom stereocenters. The number of nitrogens with one attached hydrogen (secondary N) is 2. The van der Waals surface area contributed by atoms with Gasteiger partial charge in [0, 0.05) is 18.4 Å². The van der Waals surface area contributed by atoms with Gasteiger partial charge in [0.2, 0.25) is 11.8 Å². The molecule has 2 aromatic carbocycles. The lowest BCUT2D eigenvalue weighted by Gasteiger charge is -2.12. The van der Waals surface area contributed by atoms with E-state index in [1.54, 1.807) is 19.1 Å². The van der Waals surface area contributed by atoms with Crippen LogP contribution >= 0.6 is 0 Å². The fourth-order valence-electron chi connectivity index (χ4n) is 3.17. The maximum Gasteiger partial charge on any atom is 0.264 e. The average molecular weight is 506 g/mol. The van der Waals surface area contributed by atoms with Gasteiger partial charge in [-0.05, 0) is 30.7 Å². The van der Waals surface area contributed by atoms with E-state index in [4.69, 9.17) is 4.52 Å². The highest BCUT2D eigenvalue weighted by molar-refractivity contribution is 7.90. The molecule has 0 radical (unpaired) electrons. The number of aryl methyl sites for hydroxylation is 1. The fraction of sp³-hybridized carbons (Fsp3) is 0.227. The molecule has 0 atom stereocenters. The second-order valence-corrected chi connectivity index (χ2v) is 10.6. The SMILES string of the molecule is CCC(=O)NS(=O)(=O)c1cccc(-c2c(-c3ccccc3S(=O)(=O)NC(=O)CC)noc2C)c1. The number of aromatic nitrogens is 1. The summed E-state index contributed by atoms with van der Waals surface area (Å²) in [5, 5.41) is 4.02. The molecule has 12 heteroatoms. The number of hydrogen-bond donors (Lipinski definition) is 2. The molecular weight excluding hydrogens is 482 g/mol. The van der Waals surface area contributed by atoms with Crippen molar-refractivity contribution in [3.63, 3.8) is 0 Å². The van der Waals surface area contributed by atoms with Crippen LogP contribution in [0.15, 0.2) is 62.8 Å². The Balaban J connectivity index is 2.15. The lowest BCUT2D eigenvalue weighted by molar-refractivity contribution is -0.119. The predicted octanol–water partition coefficient (Wildman–Crippen LogP) is 2.75. The molecule has 34 heavy (non-hydrogen) atoms. The summed E-state index contributed by atoms with van der Waals surface area (Å²) in [5.41, 5.74) is 1.06. The van der Waals surface area contributed by atoms with Gasteiger partial charge in [-0.25, -0.2) is 26.3 Å². The van der Waals surface area contributed by atoms with Gasteiger partial charge in [0.1, 0.15) is 11.5 Å². The molecule has 1 aromatic heterocycles. The molecule has 10 nitrogen and oxygen atoms in total. The summed E-state index contributed by atoms with van der Waals surface area (Å²) in [6.07, 6.45) is -0.0286. The van der Waals surface area contributed by atoms with Crippen molar-refractivity contribution in [3.8, 4) is 22.4 Å². The molecule has 2 N–H and O–H groups in total. The molecule has 3 rings (SSSR count). The van der Waals surface area contributed by atoms with Gasteiger partial charge in [0.15, 0.2) is 0 Å². The van der Waals surface area contributed by atoms with E-state index in [2.05, 4.69) is 5.16 Å². The van der Waals surface area contributed by atoms with Gasteiger partial charge in [-0.3, -0.25) is 9.59 Å². The summed E-state index contributed by atoms with van der Waals surface area (Å²) in [4.78, 5) is 23.0. The van der Waals surface area contributed by atoms with Gasteiger partial charge in [0.25, 0.3) is 20.0 Å². The third-order valence-electron chi connectivity index (χ3n) is 4.87. The molecule has 1 heterocycles. The van der Waals surface area contributed by atoms with E-state index in [1.165, 1.54) is 50.2 Å². The number of nitrogens with zero attached hydrogens (tertiary/aromatic N) is 1. The number of carbonyl (C=O) groups is 2. The Morgan fingerprint density at radius 3 is 2.15 bits per heavy atom. The minimum atomic E-state index is -4.21. The van der Waals surface area contributed by atoms with Gasteiger partial charge < -0.3 is 4.52 Å². The number of hydrogen-bond acceptors (Lipinski definition) is 8. The molecule has 0 aliphatic heterocycles. The highest BCUT2D eigenvalue weighted by atomic mass is 32.2. The van der Waals surface area contributed by atoms with E-state index >= 15 is 0 Å². The Hall–Kier alpha value is -3.51. The Morgan fingerprint density at radius 2 is 1.50 bits per heavy atom. The monoisotopic (exact) mass is 505 g/mol. The smallest absolute Gasteiger partial charge is 0.264 e. The van der Waals surface area contributed by atoms with Crippen molar-refractivity contribution in [1.29, 1.82) is 0 Å². The van der Waals surface area contributed by atoms with Gasteiger partial charge in [0.05, 0.1) is 15.4 Å². The second-order valence-electron chi connectivity index (χ2n) is 7.25. The van der Waals surface area contributed by atoms with Crippen LogP contribution in [0.2, 0.25) is 0 Å². The standard InChI is InChI=1S/C22H23N3O7S2/c1-4-19(26)24-33(28,29)16-10-8-9-15(13-16)21-14(3)32-23-22(21)17-11-6-7-12-18(17)34(30,31)25-20(27)5-2/h6-13H,4-5H2,1-3H3,(H,24,26)(H,25,27). The predicted molar refractivity (Wildman–Crippen MR) is 123 cm³/mol. The maximum absolute atomic E-state index is 12.9. The molecular formula is C22H23N3O7S2. The summed E-state index contributed by atoms with van der Waals surface area (Å²) < 4.78 is 60.2. The lowest BCUT2D eigenvalue weighted by atomic mass is 9.99. The largest absolute Gasteiger partial charge is 0.360 e. The Morgan fingerprint density at radius 1 is 0.882 bits per heavy atom. The van der Waals surface area contributed by atoms with Crippen molar-refractivity contribution in [3.05, 3.63) is 54.3 Å². The first-order valence-electron chi connectivity index (χ1n) is 10.3. The van der Waals surface area contributed by atoms with Gasteiger partial charge in [-0.1, -0.05) is 49.3 Å². The van der Waals surface area contributed by atoms with Crippen LogP contribution < -0.4 is 9.44 Å². The zero-order valence-corrected chi connectivity index (χ0v) is 20.3. The summed E-state index contributed by atoms with van der Waals surface area (Å²) in [5.74, 6) is -1.01. The first-order valence-corrected chi connectivity index (χ1v) is 13.2. The van der Waals surface area contributed by atoms with Gasteiger partial charge in [-0.15, -0.1) is 0 Å². The quantitative estimate of drug-likeness (QED) is 0.474. The van der Waals surface area contributed by atoms with Crippen molar-refractivity contribution < 1.29 is 30.9 Å². The van der Waals surface area contributed by atoms with Gasteiger partial charge >= 0.3 is 0 Å². The van der Waals surface area contributed by atoms with E-state index in [-0.39, 0.29) is 33.9 Å². The molecule has 0 aliphatic carbocycles.